The minimum absolute atomic E-state index is 0.295. The third-order valence-corrected chi connectivity index (χ3v) is 5.41. The van der Waals surface area contributed by atoms with Gasteiger partial charge in [-0.05, 0) is 76.1 Å². The summed E-state index contributed by atoms with van der Waals surface area (Å²) < 4.78 is 0. The van der Waals surface area contributed by atoms with Crippen LogP contribution >= 0.6 is 0 Å². The molecule has 0 unspecified atom stereocenters. The van der Waals surface area contributed by atoms with Gasteiger partial charge >= 0.3 is 0 Å². The molecule has 4 heteroatoms. The van der Waals surface area contributed by atoms with E-state index < -0.39 is 0 Å². The molecule has 28 heavy (non-hydrogen) atoms. The van der Waals surface area contributed by atoms with E-state index in [1.54, 1.807) is 0 Å². The fraction of sp³-hybridized carbons (Fsp3) is 0.500. The van der Waals surface area contributed by atoms with Crippen LogP contribution in [0, 0.1) is 0 Å². The van der Waals surface area contributed by atoms with Crippen LogP contribution < -0.4 is 0 Å². The minimum Gasteiger partial charge on any atom is -0.508 e. The average Bonchev–Trinajstić information content (AvgIpc) is 2.62. The minimum atomic E-state index is 0.295. The normalized spacial score (nSPS) is 13.9. The maximum Gasteiger partial charge on any atom is 0.120 e. The number of nitrogens with zero attached hydrogens (tertiary/aromatic N) is 2. The molecule has 0 heterocycles. The van der Waals surface area contributed by atoms with E-state index in [9.17, 15) is 10.2 Å². The van der Waals surface area contributed by atoms with Gasteiger partial charge in [0.25, 0.3) is 0 Å². The van der Waals surface area contributed by atoms with E-state index in [2.05, 4.69) is 35.8 Å². The number of rotatable bonds is 9. The summed E-state index contributed by atoms with van der Waals surface area (Å²) in [4.78, 5) is 4.11. The van der Waals surface area contributed by atoms with Gasteiger partial charge in [0.15, 0.2) is 0 Å². The van der Waals surface area contributed by atoms with E-state index in [4.69, 9.17) is 0 Å². The van der Waals surface area contributed by atoms with Crippen LogP contribution in [-0.4, -0.2) is 48.2 Å². The summed E-state index contributed by atoms with van der Waals surface area (Å²) in [6, 6.07) is 12.2. The SMILES string of the molecule is CC[C@H](c1ccc(CN(C)C)c(O)c1)[C@H](CC)c1ccc(CN(C)C)c(O)c1. The summed E-state index contributed by atoms with van der Waals surface area (Å²) in [7, 11) is 8.01. The van der Waals surface area contributed by atoms with Crippen LogP contribution in [0.5, 0.6) is 11.5 Å². The van der Waals surface area contributed by atoms with Crippen LogP contribution in [0.25, 0.3) is 0 Å². The Balaban J connectivity index is 2.33. The molecule has 0 spiro atoms. The van der Waals surface area contributed by atoms with Gasteiger partial charge in [-0.25, -0.2) is 0 Å². The van der Waals surface area contributed by atoms with Gasteiger partial charge in [-0.15, -0.1) is 0 Å². The second-order valence-electron chi connectivity index (χ2n) is 8.28. The first-order valence-electron chi connectivity index (χ1n) is 10.2. The van der Waals surface area contributed by atoms with Gasteiger partial charge in [0.2, 0.25) is 0 Å². The largest absolute Gasteiger partial charge is 0.508 e. The lowest BCUT2D eigenvalue weighted by atomic mass is 9.78. The summed E-state index contributed by atoms with van der Waals surface area (Å²) in [5.74, 6) is 1.32. The molecule has 0 radical (unpaired) electrons. The Labute approximate surface area is 170 Å². The highest BCUT2D eigenvalue weighted by Gasteiger charge is 2.23. The van der Waals surface area contributed by atoms with Crippen LogP contribution in [0.1, 0.15) is 60.8 Å². The molecular weight excluding hydrogens is 348 g/mol. The highest BCUT2D eigenvalue weighted by molar-refractivity contribution is 5.42. The fourth-order valence-electron chi connectivity index (χ4n) is 4.08. The van der Waals surface area contributed by atoms with E-state index >= 15 is 0 Å². The predicted octanol–water partition coefficient (Wildman–Crippen LogP) is 4.91. The fourth-order valence-corrected chi connectivity index (χ4v) is 4.08. The Kier molecular flexibility index (Phi) is 7.90. The summed E-state index contributed by atoms with van der Waals surface area (Å²) >= 11 is 0. The molecule has 2 rings (SSSR count). The van der Waals surface area contributed by atoms with E-state index in [1.807, 2.05) is 52.5 Å². The van der Waals surface area contributed by atoms with Crippen LogP contribution in [0.15, 0.2) is 36.4 Å². The molecule has 2 aromatic rings. The number of hydrogen-bond donors (Lipinski definition) is 2. The monoisotopic (exact) mass is 384 g/mol. The number of benzene rings is 2. The quantitative estimate of drug-likeness (QED) is 0.645. The molecule has 2 atom stereocenters. The molecule has 0 aliphatic rings. The molecule has 0 aliphatic carbocycles. The second kappa shape index (κ2) is 9.94. The molecular formula is C24H36N2O2. The summed E-state index contributed by atoms with van der Waals surface area (Å²) in [5.41, 5.74) is 4.21. The zero-order valence-corrected chi connectivity index (χ0v) is 18.2. The zero-order chi connectivity index (χ0) is 20.8. The van der Waals surface area contributed by atoms with Gasteiger partial charge in [0.1, 0.15) is 11.5 Å². The molecule has 0 aliphatic heterocycles. The van der Waals surface area contributed by atoms with Gasteiger partial charge in [-0.3, -0.25) is 0 Å². The Hall–Kier alpha value is -2.04. The third kappa shape index (κ3) is 5.49. The van der Waals surface area contributed by atoms with Crippen molar-refractivity contribution in [2.45, 2.75) is 51.6 Å². The lowest BCUT2D eigenvalue weighted by molar-refractivity contribution is 0.384. The Morgan fingerprint density at radius 2 is 1.04 bits per heavy atom. The molecule has 0 amide bonds. The van der Waals surface area contributed by atoms with Crippen LogP contribution in [0.4, 0.5) is 0 Å². The van der Waals surface area contributed by atoms with Gasteiger partial charge in [0, 0.05) is 24.2 Å². The molecule has 0 fully saturated rings. The molecule has 0 bridgehead atoms. The molecule has 0 aromatic heterocycles. The van der Waals surface area contributed by atoms with E-state index in [0.717, 1.165) is 48.2 Å². The molecule has 154 valence electrons. The standard InChI is InChI=1S/C24H36N2O2/c1-7-21(17-9-11-19(15-25(3)4)23(27)13-17)22(8-2)18-10-12-20(16-26(5)6)24(28)14-18/h9-14,21-22,27-28H,7-8,15-16H2,1-6H3/t21-,22-/m1/s1. The maximum absolute atomic E-state index is 10.5. The van der Waals surface area contributed by atoms with Gasteiger partial charge < -0.3 is 20.0 Å². The highest BCUT2D eigenvalue weighted by Crippen LogP contribution is 2.40. The Morgan fingerprint density at radius 3 is 1.29 bits per heavy atom. The molecule has 0 saturated carbocycles. The first kappa shape index (κ1) is 22.3. The van der Waals surface area contributed by atoms with Crippen LogP contribution in [-0.2, 0) is 13.1 Å². The van der Waals surface area contributed by atoms with E-state index in [0.29, 0.717) is 23.3 Å². The molecule has 0 saturated heterocycles. The molecule has 2 N–H and O–H groups in total. The van der Waals surface area contributed by atoms with Crippen molar-refractivity contribution in [1.29, 1.82) is 0 Å². The number of phenolic OH excluding ortho intramolecular Hbond substituents is 2. The van der Waals surface area contributed by atoms with Gasteiger partial charge in [-0.2, -0.15) is 0 Å². The lowest BCUT2D eigenvalue weighted by Gasteiger charge is -2.27. The lowest BCUT2D eigenvalue weighted by Crippen LogP contribution is -2.13. The van der Waals surface area contributed by atoms with Gasteiger partial charge in [0.05, 0.1) is 0 Å². The smallest absolute Gasteiger partial charge is 0.120 e. The predicted molar refractivity (Wildman–Crippen MR) is 117 cm³/mol. The third-order valence-electron chi connectivity index (χ3n) is 5.41. The maximum atomic E-state index is 10.5. The number of phenols is 2. The summed E-state index contributed by atoms with van der Waals surface area (Å²) in [6.45, 7) is 5.83. The summed E-state index contributed by atoms with van der Waals surface area (Å²) in [6.07, 6.45) is 1.95. The first-order valence-corrected chi connectivity index (χ1v) is 10.2. The van der Waals surface area contributed by atoms with Crippen LogP contribution in [0.3, 0.4) is 0 Å². The van der Waals surface area contributed by atoms with Crippen molar-refractivity contribution >= 4 is 0 Å². The Morgan fingerprint density at radius 1 is 0.679 bits per heavy atom. The van der Waals surface area contributed by atoms with E-state index in [1.165, 1.54) is 0 Å². The molecule has 2 aromatic carbocycles. The van der Waals surface area contributed by atoms with Crippen molar-refractivity contribution in [1.82, 2.24) is 9.80 Å². The average molecular weight is 385 g/mol. The number of aromatic hydroxyl groups is 2. The van der Waals surface area contributed by atoms with Gasteiger partial charge in [-0.1, -0.05) is 38.1 Å². The molecule has 4 nitrogen and oxygen atoms in total. The topological polar surface area (TPSA) is 46.9 Å². The van der Waals surface area contributed by atoms with E-state index in [-0.39, 0.29) is 0 Å². The van der Waals surface area contributed by atoms with Crippen molar-refractivity contribution in [3.63, 3.8) is 0 Å². The second-order valence-corrected chi connectivity index (χ2v) is 8.28. The van der Waals surface area contributed by atoms with Crippen molar-refractivity contribution in [2.75, 3.05) is 28.2 Å². The van der Waals surface area contributed by atoms with Crippen LogP contribution in [0.2, 0.25) is 0 Å². The zero-order valence-electron chi connectivity index (χ0n) is 18.2. The summed E-state index contributed by atoms with van der Waals surface area (Å²) in [5, 5.41) is 21.0. The number of hydrogen-bond acceptors (Lipinski definition) is 4. The highest BCUT2D eigenvalue weighted by atomic mass is 16.3. The van der Waals surface area contributed by atoms with Crippen molar-refractivity contribution in [3.05, 3.63) is 58.7 Å². The van der Waals surface area contributed by atoms with Crippen molar-refractivity contribution in [2.24, 2.45) is 0 Å². The van der Waals surface area contributed by atoms with Crippen molar-refractivity contribution in [3.8, 4) is 11.5 Å². The first-order chi connectivity index (χ1) is 13.3. The Bertz CT molecular complexity index is 706. The van der Waals surface area contributed by atoms with Crippen molar-refractivity contribution < 1.29 is 10.2 Å².